The first-order valence-electron chi connectivity index (χ1n) is 8.68. The Bertz CT molecular complexity index is 941. The highest BCUT2D eigenvalue weighted by Gasteiger charge is 2.08. The number of benzene rings is 2. The molecular formula is C20H20ClN3O4. The van der Waals surface area contributed by atoms with Gasteiger partial charge in [-0.3, -0.25) is 10.1 Å². The van der Waals surface area contributed by atoms with Gasteiger partial charge in [0, 0.05) is 36.5 Å². The molecule has 0 saturated heterocycles. The molecule has 0 spiro atoms. The lowest BCUT2D eigenvalue weighted by molar-refractivity contribution is -0.384. The van der Waals surface area contributed by atoms with Gasteiger partial charge in [-0.25, -0.2) is 0 Å². The maximum atomic E-state index is 10.6. The first kappa shape index (κ1) is 19.7. The SMILES string of the molecule is COc1ccc(-c2ccc(CNCCNc3ccc([N+](=O)[O-])cc3)o2)cc1Cl. The summed E-state index contributed by atoms with van der Waals surface area (Å²) in [6.07, 6.45) is 0. The van der Waals surface area contributed by atoms with Crippen molar-refractivity contribution >= 4 is 23.0 Å². The highest BCUT2D eigenvalue weighted by molar-refractivity contribution is 6.32. The van der Waals surface area contributed by atoms with Crippen LogP contribution in [0.4, 0.5) is 11.4 Å². The summed E-state index contributed by atoms with van der Waals surface area (Å²) in [7, 11) is 1.58. The van der Waals surface area contributed by atoms with E-state index in [1.165, 1.54) is 12.1 Å². The zero-order valence-electron chi connectivity index (χ0n) is 15.3. The van der Waals surface area contributed by atoms with Crippen molar-refractivity contribution in [1.29, 1.82) is 0 Å². The van der Waals surface area contributed by atoms with Gasteiger partial charge in [0.25, 0.3) is 5.69 Å². The number of nitro groups is 1. The minimum atomic E-state index is -0.414. The van der Waals surface area contributed by atoms with Crippen molar-refractivity contribution in [2.45, 2.75) is 6.54 Å². The lowest BCUT2D eigenvalue weighted by Crippen LogP contribution is -2.21. The van der Waals surface area contributed by atoms with Crippen LogP contribution >= 0.6 is 11.6 Å². The van der Waals surface area contributed by atoms with Crippen molar-refractivity contribution in [2.75, 3.05) is 25.5 Å². The first-order valence-corrected chi connectivity index (χ1v) is 9.06. The van der Waals surface area contributed by atoms with Gasteiger partial charge >= 0.3 is 0 Å². The summed E-state index contributed by atoms with van der Waals surface area (Å²) in [4.78, 5) is 10.2. The van der Waals surface area contributed by atoms with Gasteiger partial charge in [0.05, 0.1) is 23.6 Å². The average Bonchev–Trinajstić information content (AvgIpc) is 3.17. The molecule has 0 fully saturated rings. The zero-order valence-corrected chi connectivity index (χ0v) is 16.0. The molecular weight excluding hydrogens is 382 g/mol. The second-order valence-electron chi connectivity index (χ2n) is 6.02. The van der Waals surface area contributed by atoms with E-state index in [4.69, 9.17) is 20.8 Å². The number of nitro benzene ring substituents is 1. The topological polar surface area (TPSA) is 89.6 Å². The number of rotatable bonds is 9. The van der Waals surface area contributed by atoms with Gasteiger partial charge in [0.15, 0.2) is 0 Å². The van der Waals surface area contributed by atoms with Gasteiger partial charge in [0.1, 0.15) is 17.3 Å². The Morgan fingerprint density at radius 2 is 1.89 bits per heavy atom. The molecule has 0 amide bonds. The number of ether oxygens (including phenoxy) is 1. The maximum Gasteiger partial charge on any atom is 0.269 e. The number of non-ortho nitro benzene ring substituents is 1. The van der Waals surface area contributed by atoms with E-state index in [1.54, 1.807) is 19.2 Å². The lowest BCUT2D eigenvalue weighted by atomic mass is 10.2. The number of halogens is 1. The third-order valence-corrected chi connectivity index (χ3v) is 4.40. The van der Waals surface area contributed by atoms with Gasteiger partial charge < -0.3 is 19.8 Å². The van der Waals surface area contributed by atoms with E-state index in [-0.39, 0.29) is 5.69 Å². The fourth-order valence-electron chi connectivity index (χ4n) is 2.66. The highest BCUT2D eigenvalue weighted by atomic mass is 35.5. The van der Waals surface area contributed by atoms with Gasteiger partial charge in [-0.05, 0) is 42.5 Å². The molecule has 1 heterocycles. The van der Waals surface area contributed by atoms with Crippen LogP contribution in [0.5, 0.6) is 5.75 Å². The molecule has 3 aromatic rings. The van der Waals surface area contributed by atoms with Crippen molar-refractivity contribution in [1.82, 2.24) is 5.32 Å². The molecule has 28 heavy (non-hydrogen) atoms. The van der Waals surface area contributed by atoms with E-state index in [9.17, 15) is 10.1 Å². The van der Waals surface area contributed by atoms with Crippen molar-refractivity contribution in [3.05, 3.63) is 75.5 Å². The summed E-state index contributed by atoms with van der Waals surface area (Å²) < 4.78 is 11.0. The van der Waals surface area contributed by atoms with Crippen LogP contribution in [-0.2, 0) is 6.54 Å². The van der Waals surface area contributed by atoms with Crippen molar-refractivity contribution in [3.8, 4) is 17.1 Å². The second kappa shape index (κ2) is 9.25. The number of hydrogen-bond donors (Lipinski definition) is 2. The fourth-order valence-corrected chi connectivity index (χ4v) is 2.91. The van der Waals surface area contributed by atoms with Gasteiger partial charge in [-0.2, -0.15) is 0 Å². The smallest absolute Gasteiger partial charge is 0.269 e. The van der Waals surface area contributed by atoms with E-state index >= 15 is 0 Å². The Kier molecular flexibility index (Phi) is 6.52. The molecule has 0 aliphatic rings. The van der Waals surface area contributed by atoms with E-state index in [0.29, 0.717) is 30.4 Å². The van der Waals surface area contributed by atoms with Crippen LogP contribution in [-0.4, -0.2) is 25.1 Å². The van der Waals surface area contributed by atoms with Crippen molar-refractivity contribution in [2.24, 2.45) is 0 Å². The predicted molar refractivity (Wildman–Crippen MR) is 109 cm³/mol. The Balaban J connectivity index is 1.44. The predicted octanol–water partition coefficient (Wildman–Crippen LogP) is 4.72. The average molecular weight is 402 g/mol. The van der Waals surface area contributed by atoms with Crippen LogP contribution in [0.2, 0.25) is 5.02 Å². The second-order valence-corrected chi connectivity index (χ2v) is 6.43. The van der Waals surface area contributed by atoms with Crippen LogP contribution in [0.3, 0.4) is 0 Å². The summed E-state index contributed by atoms with van der Waals surface area (Å²) in [5.41, 5.74) is 1.80. The normalized spacial score (nSPS) is 10.6. The number of furan rings is 1. The molecule has 146 valence electrons. The molecule has 0 bridgehead atoms. The first-order chi connectivity index (χ1) is 13.6. The van der Waals surface area contributed by atoms with Crippen molar-refractivity contribution < 1.29 is 14.1 Å². The van der Waals surface area contributed by atoms with Gasteiger partial charge in [0.2, 0.25) is 0 Å². The van der Waals surface area contributed by atoms with E-state index < -0.39 is 4.92 Å². The van der Waals surface area contributed by atoms with Gasteiger partial charge in [-0.15, -0.1) is 0 Å². The molecule has 0 unspecified atom stereocenters. The molecule has 1 aromatic heterocycles. The minimum absolute atomic E-state index is 0.0791. The van der Waals surface area contributed by atoms with Crippen LogP contribution < -0.4 is 15.4 Å². The van der Waals surface area contributed by atoms with Crippen LogP contribution in [0.1, 0.15) is 5.76 Å². The summed E-state index contributed by atoms with van der Waals surface area (Å²) in [5, 5.41) is 17.7. The summed E-state index contributed by atoms with van der Waals surface area (Å²) >= 11 is 6.16. The van der Waals surface area contributed by atoms with E-state index in [1.807, 2.05) is 30.3 Å². The molecule has 0 atom stereocenters. The van der Waals surface area contributed by atoms with Crippen molar-refractivity contribution in [3.63, 3.8) is 0 Å². The summed E-state index contributed by atoms with van der Waals surface area (Å²) in [5.74, 6) is 2.18. The Morgan fingerprint density at radius 1 is 1.11 bits per heavy atom. The Hall–Kier alpha value is -3.03. The molecule has 0 aliphatic heterocycles. The number of anilines is 1. The van der Waals surface area contributed by atoms with Gasteiger partial charge in [-0.1, -0.05) is 11.6 Å². The summed E-state index contributed by atoms with van der Waals surface area (Å²) in [6.45, 7) is 1.98. The fraction of sp³-hybridized carbons (Fsp3) is 0.200. The zero-order chi connectivity index (χ0) is 19.9. The highest BCUT2D eigenvalue weighted by Crippen LogP contribution is 2.31. The third kappa shape index (κ3) is 5.03. The monoisotopic (exact) mass is 401 g/mol. The minimum Gasteiger partial charge on any atom is -0.495 e. The molecule has 0 aliphatic carbocycles. The molecule has 3 rings (SSSR count). The largest absolute Gasteiger partial charge is 0.495 e. The van der Waals surface area contributed by atoms with Crippen LogP contribution in [0, 0.1) is 10.1 Å². The van der Waals surface area contributed by atoms with Crippen LogP contribution in [0.15, 0.2) is 59.0 Å². The molecule has 2 aromatic carbocycles. The van der Waals surface area contributed by atoms with E-state index in [0.717, 1.165) is 22.8 Å². The molecule has 0 saturated carbocycles. The molecule has 7 nitrogen and oxygen atoms in total. The van der Waals surface area contributed by atoms with Crippen LogP contribution in [0.25, 0.3) is 11.3 Å². The van der Waals surface area contributed by atoms with E-state index in [2.05, 4.69) is 10.6 Å². The number of methoxy groups -OCH3 is 1. The Labute approximate surface area is 167 Å². The lowest BCUT2D eigenvalue weighted by Gasteiger charge is -2.07. The maximum absolute atomic E-state index is 10.6. The molecule has 0 radical (unpaired) electrons. The third-order valence-electron chi connectivity index (χ3n) is 4.11. The molecule has 8 heteroatoms. The Morgan fingerprint density at radius 3 is 2.57 bits per heavy atom. The summed E-state index contributed by atoms with van der Waals surface area (Å²) in [6, 6.07) is 15.7. The number of nitrogens with zero attached hydrogens (tertiary/aromatic N) is 1. The molecule has 2 N–H and O–H groups in total. The number of nitrogens with one attached hydrogen (secondary N) is 2. The quantitative estimate of drug-likeness (QED) is 0.306. The number of hydrogen-bond acceptors (Lipinski definition) is 6. The standard InChI is InChI=1S/C20H20ClN3O4/c1-27-20-8-2-14(12-18(20)21)19-9-7-17(28-19)13-22-10-11-23-15-3-5-16(6-4-15)24(25)26/h2-9,12,22-23H,10-11,13H2,1H3.